The van der Waals surface area contributed by atoms with Crippen LogP contribution in [0.2, 0.25) is 0 Å². The van der Waals surface area contributed by atoms with E-state index in [9.17, 15) is 49.5 Å². The number of nitrogens with two attached hydrogens (primary N) is 1. The van der Waals surface area contributed by atoms with E-state index in [2.05, 4.69) is 0 Å². The standard InChI is InChI=1S/C22H24N2O10/c1-24(2)14-13-17(29)12-10(18(30)22(13,34)19(31)11(16(14)28)20(23)32)15(27)9-7(21(12,33)6-25)4-3-5-8(9)26/h3-5,10-14,17,25-26,29,33-34H,6H2,1-2H3,(H2,23,32). The molecule has 12 heteroatoms. The van der Waals surface area contributed by atoms with Gasteiger partial charge in [-0.2, -0.15) is 0 Å². The predicted molar refractivity (Wildman–Crippen MR) is 110 cm³/mol. The maximum Gasteiger partial charge on any atom is 0.235 e. The maximum atomic E-state index is 13.7. The number of phenols is 1. The van der Waals surface area contributed by atoms with Gasteiger partial charge in [-0.15, -0.1) is 0 Å². The molecule has 0 saturated heterocycles. The molecule has 0 spiro atoms. The van der Waals surface area contributed by atoms with Crippen LogP contribution in [-0.4, -0.2) is 97.9 Å². The molecular weight excluding hydrogens is 452 g/mol. The van der Waals surface area contributed by atoms with Crippen molar-refractivity contribution in [3.8, 4) is 5.75 Å². The predicted octanol–water partition coefficient (Wildman–Crippen LogP) is -3.52. The Morgan fingerprint density at radius 3 is 2.24 bits per heavy atom. The minimum atomic E-state index is -3.18. The summed E-state index contributed by atoms with van der Waals surface area (Å²) in [5, 5.41) is 54.7. The van der Waals surface area contributed by atoms with E-state index >= 15 is 0 Å². The molecule has 4 rings (SSSR count). The topological polar surface area (TPSA) is 216 Å². The van der Waals surface area contributed by atoms with Crippen LogP contribution in [0.4, 0.5) is 0 Å². The van der Waals surface area contributed by atoms with Crippen molar-refractivity contribution in [3.63, 3.8) is 0 Å². The number of rotatable bonds is 3. The number of aliphatic hydroxyl groups is 4. The zero-order chi connectivity index (χ0) is 25.5. The van der Waals surface area contributed by atoms with E-state index in [0.717, 1.165) is 6.07 Å². The molecule has 0 heterocycles. The quantitative estimate of drug-likeness (QED) is 0.235. The highest BCUT2D eigenvalue weighted by Gasteiger charge is 2.75. The van der Waals surface area contributed by atoms with Crippen LogP contribution in [-0.2, 0) is 24.8 Å². The highest BCUT2D eigenvalue weighted by molar-refractivity contribution is 6.32. The Balaban J connectivity index is 2.03. The van der Waals surface area contributed by atoms with Gasteiger partial charge in [0.2, 0.25) is 5.91 Å². The molecule has 8 unspecified atom stereocenters. The van der Waals surface area contributed by atoms with Gasteiger partial charge in [-0.25, -0.2) is 0 Å². The number of primary amides is 1. The number of hydrogen-bond acceptors (Lipinski definition) is 11. The van der Waals surface area contributed by atoms with Crippen molar-refractivity contribution in [2.24, 2.45) is 29.4 Å². The van der Waals surface area contributed by atoms with Crippen LogP contribution in [0.3, 0.4) is 0 Å². The van der Waals surface area contributed by atoms with Crippen LogP contribution in [0.1, 0.15) is 15.9 Å². The molecule has 8 atom stereocenters. The number of benzene rings is 1. The number of Topliss-reactive ketones (excluding diaryl/α,β-unsaturated/α-hetero) is 4. The molecule has 0 aliphatic heterocycles. The Morgan fingerprint density at radius 1 is 1.09 bits per heavy atom. The van der Waals surface area contributed by atoms with Gasteiger partial charge in [-0.3, -0.25) is 28.9 Å². The smallest absolute Gasteiger partial charge is 0.235 e. The van der Waals surface area contributed by atoms with Crippen molar-refractivity contribution in [2.75, 3.05) is 20.7 Å². The third-order valence-corrected chi connectivity index (χ3v) is 7.46. The molecule has 0 radical (unpaired) electrons. The number of hydrogen-bond donors (Lipinski definition) is 6. The fourth-order valence-corrected chi connectivity index (χ4v) is 6.00. The van der Waals surface area contributed by atoms with Crippen molar-refractivity contribution >= 4 is 29.0 Å². The number of nitrogens with zero attached hydrogens (tertiary/aromatic N) is 1. The van der Waals surface area contributed by atoms with Gasteiger partial charge >= 0.3 is 0 Å². The first-order valence-electron chi connectivity index (χ1n) is 10.4. The lowest BCUT2D eigenvalue weighted by Gasteiger charge is -2.57. The summed E-state index contributed by atoms with van der Waals surface area (Å²) in [6.07, 6.45) is -2.06. The molecule has 1 aromatic carbocycles. The molecule has 12 nitrogen and oxygen atoms in total. The van der Waals surface area contributed by atoms with Gasteiger partial charge in [-0.05, 0) is 20.2 Å². The molecule has 3 aliphatic carbocycles. The minimum absolute atomic E-state index is 0.261. The Kier molecular flexibility index (Phi) is 5.31. The van der Waals surface area contributed by atoms with E-state index in [1.54, 1.807) is 0 Å². The molecule has 1 aromatic rings. The minimum Gasteiger partial charge on any atom is -0.507 e. The van der Waals surface area contributed by atoms with E-state index in [1.807, 2.05) is 0 Å². The lowest BCUT2D eigenvalue weighted by molar-refractivity contribution is -0.216. The SMILES string of the molecule is CN(C)C1C(=O)C(C(N)=O)C(=O)C2(O)C(=O)C3C(=O)c4c(O)cccc4C(O)(CO)C3C(O)C12. The molecule has 2 saturated carbocycles. The van der Waals surface area contributed by atoms with Crippen molar-refractivity contribution in [3.05, 3.63) is 29.3 Å². The van der Waals surface area contributed by atoms with Crippen LogP contribution in [0, 0.1) is 23.7 Å². The number of carbonyl (C=O) groups is 5. The van der Waals surface area contributed by atoms with Crippen molar-refractivity contribution in [1.82, 2.24) is 4.90 Å². The normalized spacial score (nSPS) is 39.5. The fraction of sp³-hybridized carbons (Fsp3) is 0.500. The second-order valence-electron chi connectivity index (χ2n) is 9.31. The molecule has 0 bridgehead atoms. The zero-order valence-corrected chi connectivity index (χ0v) is 18.2. The summed E-state index contributed by atoms with van der Waals surface area (Å²) in [5.41, 5.74) is -1.20. The van der Waals surface area contributed by atoms with E-state index in [4.69, 9.17) is 5.73 Å². The van der Waals surface area contributed by atoms with Gasteiger partial charge in [0.05, 0.1) is 36.2 Å². The Bertz CT molecular complexity index is 1150. The number of phenolic OH excluding ortho intramolecular Hbond substituents is 1. The van der Waals surface area contributed by atoms with Gasteiger partial charge < -0.3 is 31.3 Å². The lowest BCUT2D eigenvalue weighted by Crippen LogP contribution is -2.79. The number of aliphatic hydroxyl groups excluding tert-OH is 2. The summed E-state index contributed by atoms with van der Waals surface area (Å²) in [4.78, 5) is 66.4. The third-order valence-electron chi connectivity index (χ3n) is 7.46. The number of carbonyl (C=O) groups excluding carboxylic acids is 5. The van der Waals surface area contributed by atoms with Crippen LogP contribution < -0.4 is 5.73 Å². The van der Waals surface area contributed by atoms with Gasteiger partial charge in [0, 0.05) is 11.5 Å². The average molecular weight is 476 g/mol. The van der Waals surface area contributed by atoms with Crippen LogP contribution in [0.25, 0.3) is 0 Å². The van der Waals surface area contributed by atoms with Gasteiger partial charge in [-0.1, -0.05) is 12.1 Å². The first kappa shape index (κ1) is 24.1. The largest absolute Gasteiger partial charge is 0.507 e. The molecule has 7 N–H and O–H groups in total. The Labute approximate surface area is 192 Å². The molecule has 0 aromatic heterocycles. The van der Waals surface area contributed by atoms with Crippen LogP contribution in [0.15, 0.2) is 18.2 Å². The number of ketones is 4. The number of amides is 1. The summed E-state index contributed by atoms with van der Waals surface area (Å²) >= 11 is 0. The van der Waals surface area contributed by atoms with E-state index < -0.39 is 94.0 Å². The van der Waals surface area contributed by atoms with Gasteiger partial charge in [0.25, 0.3) is 0 Å². The molecule has 34 heavy (non-hydrogen) atoms. The molecule has 3 aliphatic rings. The van der Waals surface area contributed by atoms with Crippen molar-refractivity contribution in [2.45, 2.75) is 23.3 Å². The van der Waals surface area contributed by atoms with Crippen LogP contribution >= 0.6 is 0 Å². The first-order valence-corrected chi connectivity index (χ1v) is 10.4. The summed E-state index contributed by atoms with van der Waals surface area (Å²) in [6.45, 7) is -1.11. The monoisotopic (exact) mass is 476 g/mol. The second-order valence-corrected chi connectivity index (χ2v) is 9.31. The fourth-order valence-electron chi connectivity index (χ4n) is 6.00. The van der Waals surface area contributed by atoms with Crippen molar-refractivity contribution < 1.29 is 49.5 Å². The number of fused-ring (bicyclic) bond motifs is 3. The molecule has 1 amide bonds. The van der Waals surface area contributed by atoms with E-state index in [1.165, 1.54) is 31.1 Å². The van der Waals surface area contributed by atoms with Crippen LogP contribution in [0.5, 0.6) is 5.75 Å². The highest BCUT2D eigenvalue weighted by atomic mass is 16.3. The lowest BCUT2D eigenvalue weighted by atomic mass is 9.48. The van der Waals surface area contributed by atoms with Gasteiger partial charge in [0.15, 0.2) is 34.7 Å². The zero-order valence-electron chi connectivity index (χ0n) is 18.2. The number of likely N-dealkylation sites (N-methyl/N-ethyl adjacent to an activating group) is 1. The maximum absolute atomic E-state index is 13.7. The van der Waals surface area contributed by atoms with E-state index in [-0.39, 0.29) is 5.56 Å². The second kappa shape index (κ2) is 7.48. The summed E-state index contributed by atoms with van der Waals surface area (Å²) in [7, 11) is 2.69. The first-order chi connectivity index (χ1) is 15.8. The Morgan fingerprint density at radius 2 is 1.71 bits per heavy atom. The molecular formula is C22H24N2O10. The summed E-state index contributed by atoms with van der Waals surface area (Å²) < 4.78 is 0. The highest BCUT2D eigenvalue weighted by Crippen LogP contribution is 2.55. The van der Waals surface area contributed by atoms with Crippen molar-refractivity contribution in [1.29, 1.82) is 0 Å². The summed E-state index contributed by atoms with van der Waals surface area (Å²) in [6, 6.07) is 2.03. The van der Waals surface area contributed by atoms with Gasteiger partial charge in [0.1, 0.15) is 11.4 Å². The molecule has 182 valence electrons. The summed E-state index contributed by atoms with van der Waals surface area (Å²) in [5.74, 6) is -15.2. The molecule has 2 fully saturated rings. The average Bonchev–Trinajstić information content (AvgIpc) is 2.76. The number of aromatic hydroxyl groups is 1. The third kappa shape index (κ3) is 2.68. The Hall–Kier alpha value is -3.03. The van der Waals surface area contributed by atoms with E-state index in [0.29, 0.717) is 0 Å².